The Morgan fingerprint density at radius 3 is 2.26 bits per heavy atom. The highest BCUT2D eigenvalue weighted by atomic mass is 16.4. The van der Waals surface area contributed by atoms with E-state index in [2.05, 4.69) is 28.7 Å². The first kappa shape index (κ1) is 17.9. The molecule has 0 aromatic carbocycles. The molecule has 1 unspecified atom stereocenters. The maximum absolute atomic E-state index is 12.6. The molecule has 2 heterocycles. The zero-order valence-electron chi connectivity index (χ0n) is 15.9. The van der Waals surface area contributed by atoms with Crippen LogP contribution in [0.5, 0.6) is 0 Å². The van der Waals surface area contributed by atoms with Crippen molar-refractivity contribution in [3.05, 3.63) is 30.1 Å². The number of aliphatic imine (C=N–C) groups is 1. The second kappa shape index (κ2) is 6.32. The molecule has 0 bridgehead atoms. The SMILES string of the molecule is CC1(C)CC1C(=O)N1CCN(C(=NC2(C(=O)O)CC2)c2ccccn2)CC1. The van der Waals surface area contributed by atoms with E-state index in [0.717, 1.165) is 6.42 Å². The third kappa shape index (κ3) is 3.42. The smallest absolute Gasteiger partial charge is 0.331 e. The van der Waals surface area contributed by atoms with Gasteiger partial charge >= 0.3 is 5.97 Å². The molecular formula is C20H26N4O3. The third-order valence-electron chi connectivity index (χ3n) is 6.04. The topological polar surface area (TPSA) is 86.1 Å². The highest BCUT2D eigenvalue weighted by molar-refractivity contribution is 6.00. The van der Waals surface area contributed by atoms with E-state index >= 15 is 0 Å². The average Bonchev–Trinajstić information content (AvgIpc) is 3.57. The van der Waals surface area contributed by atoms with Crippen LogP contribution in [0.15, 0.2) is 29.4 Å². The van der Waals surface area contributed by atoms with Crippen molar-refractivity contribution in [2.24, 2.45) is 16.3 Å². The Kier molecular flexibility index (Phi) is 4.20. The number of hydrogen-bond donors (Lipinski definition) is 1. The van der Waals surface area contributed by atoms with Crippen LogP contribution in [0.25, 0.3) is 0 Å². The van der Waals surface area contributed by atoms with Gasteiger partial charge in [-0.05, 0) is 36.8 Å². The van der Waals surface area contributed by atoms with E-state index in [1.54, 1.807) is 6.20 Å². The molecule has 3 fully saturated rings. The number of nitrogens with zero attached hydrogens (tertiary/aromatic N) is 4. The van der Waals surface area contributed by atoms with Crippen molar-refractivity contribution in [3.63, 3.8) is 0 Å². The van der Waals surface area contributed by atoms with Crippen molar-refractivity contribution in [1.82, 2.24) is 14.8 Å². The Morgan fingerprint density at radius 1 is 1.15 bits per heavy atom. The van der Waals surface area contributed by atoms with Crippen LogP contribution in [0.4, 0.5) is 0 Å². The molecule has 0 radical (unpaired) electrons. The van der Waals surface area contributed by atoms with Crippen molar-refractivity contribution < 1.29 is 14.7 Å². The fraction of sp³-hybridized carbons (Fsp3) is 0.600. The van der Waals surface area contributed by atoms with E-state index in [-0.39, 0.29) is 17.2 Å². The molecule has 1 atom stereocenters. The molecule has 1 N–H and O–H groups in total. The second-order valence-corrected chi connectivity index (χ2v) is 8.54. The molecule has 3 aliphatic rings. The summed E-state index contributed by atoms with van der Waals surface area (Å²) < 4.78 is 0. The first-order valence-electron chi connectivity index (χ1n) is 9.61. The van der Waals surface area contributed by atoms with E-state index in [4.69, 9.17) is 0 Å². The van der Waals surface area contributed by atoms with E-state index in [1.165, 1.54) is 0 Å². The largest absolute Gasteiger partial charge is 0.479 e. The molecule has 1 aromatic rings. The standard InChI is InChI=1S/C20H26N4O3/c1-19(2)13-14(19)17(25)24-11-9-23(10-12-24)16(15-5-3-4-8-21-15)22-20(6-7-20)18(26)27/h3-5,8,14H,6-7,9-13H2,1-2H3,(H,26,27). The third-order valence-corrected chi connectivity index (χ3v) is 6.04. The number of aliphatic carboxylic acids is 1. The summed E-state index contributed by atoms with van der Waals surface area (Å²) in [6.45, 7) is 6.83. The van der Waals surface area contributed by atoms with E-state index < -0.39 is 11.5 Å². The first-order valence-corrected chi connectivity index (χ1v) is 9.61. The highest BCUT2D eigenvalue weighted by Gasteiger charge is 2.53. The molecule has 1 amide bonds. The van der Waals surface area contributed by atoms with Crippen molar-refractivity contribution in [2.45, 2.75) is 38.6 Å². The number of carboxylic acids is 1. The van der Waals surface area contributed by atoms with Crippen molar-refractivity contribution >= 4 is 17.7 Å². The Balaban J connectivity index is 1.50. The number of amidine groups is 1. The van der Waals surface area contributed by atoms with Crippen LogP contribution in [0.1, 0.15) is 38.8 Å². The molecule has 1 aromatic heterocycles. The Morgan fingerprint density at radius 2 is 1.78 bits per heavy atom. The second-order valence-electron chi connectivity index (χ2n) is 8.54. The van der Waals surface area contributed by atoms with Crippen LogP contribution in [-0.4, -0.2) is 69.3 Å². The van der Waals surface area contributed by atoms with Crippen LogP contribution in [0, 0.1) is 11.3 Å². The van der Waals surface area contributed by atoms with Crippen LogP contribution < -0.4 is 0 Å². The summed E-state index contributed by atoms with van der Waals surface area (Å²) in [5.74, 6) is 0.157. The number of amides is 1. The summed E-state index contributed by atoms with van der Waals surface area (Å²) in [5, 5.41) is 9.53. The Bertz CT molecular complexity index is 778. The molecule has 4 rings (SSSR count). The zero-order chi connectivity index (χ0) is 19.2. The van der Waals surface area contributed by atoms with Crippen molar-refractivity contribution in [2.75, 3.05) is 26.2 Å². The summed E-state index contributed by atoms with van der Waals surface area (Å²) in [7, 11) is 0. The van der Waals surface area contributed by atoms with Crippen LogP contribution in [0.2, 0.25) is 0 Å². The van der Waals surface area contributed by atoms with Gasteiger partial charge in [0.05, 0.1) is 0 Å². The zero-order valence-corrected chi connectivity index (χ0v) is 15.9. The minimum atomic E-state index is -1.00. The summed E-state index contributed by atoms with van der Waals surface area (Å²) in [6, 6.07) is 5.58. The lowest BCUT2D eigenvalue weighted by molar-refractivity contribution is -0.139. The molecule has 2 aliphatic carbocycles. The maximum Gasteiger partial charge on any atom is 0.331 e. The van der Waals surface area contributed by atoms with E-state index in [0.29, 0.717) is 50.6 Å². The molecule has 2 saturated carbocycles. The number of hydrogen-bond acceptors (Lipinski definition) is 4. The normalized spacial score (nSPS) is 25.9. The molecule has 27 heavy (non-hydrogen) atoms. The molecule has 1 saturated heterocycles. The fourth-order valence-corrected chi connectivity index (χ4v) is 3.73. The van der Waals surface area contributed by atoms with Crippen molar-refractivity contribution in [3.8, 4) is 0 Å². The van der Waals surface area contributed by atoms with Gasteiger partial charge in [0.2, 0.25) is 5.91 Å². The number of carboxylic acid groups (broad SMARTS) is 1. The van der Waals surface area contributed by atoms with Gasteiger partial charge < -0.3 is 14.9 Å². The Labute approximate surface area is 159 Å². The van der Waals surface area contributed by atoms with Gasteiger partial charge in [-0.3, -0.25) is 9.78 Å². The number of carbonyl (C=O) groups excluding carboxylic acids is 1. The monoisotopic (exact) mass is 370 g/mol. The lowest BCUT2D eigenvalue weighted by atomic mass is 10.1. The summed E-state index contributed by atoms with van der Waals surface area (Å²) in [5.41, 5.74) is -0.180. The number of aromatic nitrogens is 1. The predicted molar refractivity (Wildman–Crippen MR) is 100 cm³/mol. The maximum atomic E-state index is 12.6. The van der Waals surface area contributed by atoms with E-state index in [9.17, 15) is 14.7 Å². The highest BCUT2D eigenvalue weighted by Crippen LogP contribution is 2.52. The van der Waals surface area contributed by atoms with Crippen LogP contribution in [-0.2, 0) is 9.59 Å². The average molecular weight is 370 g/mol. The van der Waals surface area contributed by atoms with Gasteiger partial charge in [0.25, 0.3) is 0 Å². The van der Waals surface area contributed by atoms with Crippen LogP contribution >= 0.6 is 0 Å². The van der Waals surface area contributed by atoms with Gasteiger partial charge in [-0.15, -0.1) is 0 Å². The lowest BCUT2D eigenvalue weighted by Gasteiger charge is -2.37. The number of carbonyl (C=O) groups is 2. The van der Waals surface area contributed by atoms with Gasteiger partial charge in [0.1, 0.15) is 5.69 Å². The summed E-state index contributed by atoms with van der Waals surface area (Å²) in [6.07, 6.45) is 3.79. The van der Waals surface area contributed by atoms with Gasteiger partial charge in [-0.1, -0.05) is 19.9 Å². The summed E-state index contributed by atoms with van der Waals surface area (Å²) >= 11 is 0. The minimum absolute atomic E-state index is 0.134. The van der Waals surface area contributed by atoms with Gasteiger partial charge in [-0.25, -0.2) is 9.79 Å². The van der Waals surface area contributed by atoms with Gasteiger partial charge in [0, 0.05) is 38.3 Å². The minimum Gasteiger partial charge on any atom is -0.479 e. The number of piperazine rings is 1. The molecule has 144 valence electrons. The van der Waals surface area contributed by atoms with Gasteiger partial charge in [-0.2, -0.15) is 0 Å². The molecule has 0 spiro atoms. The summed E-state index contributed by atoms with van der Waals surface area (Å²) in [4.78, 5) is 37.3. The lowest BCUT2D eigenvalue weighted by Crippen LogP contribution is -2.52. The van der Waals surface area contributed by atoms with Crippen LogP contribution in [0.3, 0.4) is 0 Å². The quantitative estimate of drug-likeness (QED) is 0.643. The van der Waals surface area contributed by atoms with Gasteiger partial charge in [0.15, 0.2) is 11.4 Å². The number of pyridine rings is 1. The molecule has 7 nitrogen and oxygen atoms in total. The van der Waals surface area contributed by atoms with Crippen molar-refractivity contribution in [1.29, 1.82) is 0 Å². The molecule has 1 aliphatic heterocycles. The fourth-order valence-electron chi connectivity index (χ4n) is 3.73. The Hall–Kier alpha value is -2.44. The molecule has 7 heteroatoms. The number of rotatable bonds is 4. The predicted octanol–water partition coefficient (Wildman–Crippen LogP) is 1.64. The van der Waals surface area contributed by atoms with E-state index in [1.807, 2.05) is 23.1 Å². The first-order chi connectivity index (χ1) is 12.8. The molecular weight excluding hydrogens is 344 g/mol.